The lowest BCUT2D eigenvalue weighted by Gasteiger charge is -2.28. The molecule has 3 rings (SSSR count). The van der Waals surface area contributed by atoms with Gasteiger partial charge in [-0.2, -0.15) is 8.42 Å². The molecule has 1 amide bonds. The van der Waals surface area contributed by atoms with E-state index < -0.39 is 11.6 Å². The van der Waals surface area contributed by atoms with Crippen molar-refractivity contribution >= 4 is 23.2 Å². The summed E-state index contributed by atoms with van der Waals surface area (Å²) in [6.45, 7) is 2.11. The number of nitrogens with one attached hydrogen (secondary N) is 1. The Hall–Kier alpha value is -2.34. The number of aryl methyl sites for hydroxylation is 1. The maximum atomic E-state index is 12.9. The van der Waals surface area contributed by atoms with E-state index in [4.69, 9.17) is 8.42 Å². The number of amides is 1. The minimum absolute atomic E-state index is 0.0281. The van der Waals surface area contributed by atoms with Crippen molar-refractivity contribution in [3.8, 4) is 0 Å². The summed E-state index contributed by atoms with van der Waals surface area (Å²) in [5.74, 6) is 0.817. The van der Waals surface area contributed by atoms with Crippen LogP contribution in [-0.4, -0.2) is 14.3 Å². The van der Waals surface area contributed by atoms with Gasteiger partial charge < -0.3 is 5.32 Å². The van der Waals surface area contributed by atoms with E-state index in [1.54, 1.807) is 12.1 Å². The van der Waals surface area contributed by atoms with Crippen molar-refractivity contribution in [1.82, 2.24) is 0 Å². The van der Waals surface area contributed by atoms with Gasteiger partial charge in [0.05, 0.1) is 0 Å². The Bertz CT molecular complexity index is 763. The van der Waals surface area contributed by atoms with Crippen LogP contribution in [0.2, 0.25) is 0 Å². The second-order valence-corrected chi connectivity index (χ2v) is 7.09. The van der Waals surface area contributed by atoms with Crippen molar-refractivity contribution in [1.29, 1.82) is 0 Å². The maximum absolute atomic E-state index is 12.9. The fraction of sp³-hybridized carbons (Fsp3) is 0.381. The monoisotopic (exact) mass is 389 g/mol. The molecule has 1 fully saturated rings. The van der Waals surface area contributed by atoms with Gasteiger partial charge in [-0.25, -0.2) is 4.39 Å². The Morgan fingerprint density at radius 3 is 2.11 bits per heavy atom. The molecule has 4 nitrogen and oxygen atoms in total. The molecule has 27 heavy (non-hydrogen) atoms. The summed E-state index contributed by atoms with van der Waals surface area (Å²) in [5.41, 5.74) is 3.38. The van der Waals surface area contributed by atoms with Crippen LogP contribution in [0.15, 0.2) is 48.5 Å². The van der Waals surface area contributed by atoms with Gasteiger partial charge in [0.15, 0.2) is 0 Å². The number of carbonyl (C=O) groups excluding carboxylic acids is 1. The number of hydrogen-bond acceptors (Lipinski definition) is 3. The van der Waals surface area contributed by atoms with Gasteiger partial charge in [-0.3, -0.25) is 4.79 Å². The minimum atomic E-state index is -0.750. The number of carbonyl (C=O) groups is 1. The highest BCUT2D eigenvalue weighted by Gasteiger charge is 2.24. The van der Waals surface area contributed by atoms with Gasteiger partial charge in [0.25, 0.3) is 0 Å². The van der Waals surface area contributed by atoms with Crippen LogP contribution in [0.5, 0.6) is 0 Å². The molecule has 6 heteroatoms. The summed E-state index contributed by atoms with van der Waals surface area (Å²) < 4.78 is 29.5. The molecule has 0 saturated heterocycles. The molecule has 0 bridgehead atoms. The highest BCUT2D eigenvalue weighted by atomic mass is 32.1. The number of benzene rings is 2. The van der Waals surface area contributed by atoms with E-state index in [-0.39, 0.29) is 11.7 Å². The zero-order valence-corrected chi connectivity index (χ0v) is 16.1. The SMILES string of the molecule is Cc1ccc(C2CCC(CC(=O)Nc3ccc(F)cc3)CC2)cc1.O=S=O. The predicted molar refractivity (Wildman–Crippen MR) is 104 cm³/mol. The topological polar surface area (TPSA) is 63.2 Å². The van der Waals surface area contributed by atoms with E-state index in [1.165, 1.54) is 23.3 Å². The molecule has 1 aliphatic carbocycles. The fourth-order valence-electron chi connectivity index (χ4n) is 3.55. The first-order chi connectivity index (χ1) is 13.0. The van der Waals surface area contributed by atoms with Gasteiger partial charge in [0.1, 0.15) is 5.82 Å². The number of halogens is 1. The molecular weight excluding hydrogens is 365 g/mol. The van der Waals surface area contributed by atoms with Gasteiger partial charge in [0.2, 0.25) is 5.91 Å². The highest BCUT2D eigenvalue weighted by Crippen LogP contribution is 2.37. The smallest absolute Gasteiger partial charge is 0.326 e. The summed E-state index contributed by atoms with van der Waals surface area (Å²) in [4.78, 5) is 12.1. The standard InChI is InChI=1S/C21H24FNO.O2S/c1-15-2-6-17(7-3-15)18-8-4-16(5-9-18)14-21(24)23-20-12-10-19(22)11-13-20;1-3-2/h2-3,6-7,10-13,16,18H,4-5,8-9,14H2,1H3,(H,23,24);. The second kappa shape index (κ2) is 10.7. The fourth-order valence-corrected chi connectivity index (χ4v) is 3.55. The quantitative estimate of drug-likeness (QED) is 0.819. The van der Waals surface area contributed by atoms with E-state index in [9.17, 15) is 9.18 Å². The second-order valence-electron chi connectivity index (χ2n) is 6.96. The van der Waals surface area contributed by atoms with Crippen molar-refractivity contribution in [3.05, 3.63) is 65.5 Å². The van der Waals surface area contributed by atoms with Crippen molar-refractivity contribution in [2.24, 2.45) is 5.92 Å². The summed E-state index contributed by atoms with van der Waals surface area (Å²) >= 11 is -0.750. The summed E-state index contributed by atoms with van der Waals surface area (Å²) in [6.07, 6.45) is 5.04. The third-order valence-corrected chi connectivity index (χ3v) is 5.00. The van der Waals surface area contributed by atoms with Crippen LogP contribution in [0.1, 0.15) is 49.1 Å². The third-order valence-electron chi connectivity index (χ3n) is 5.00. The zero-order valence-electron chi connectivity index (χ0n) is 15.3. The molecule has 1 N–H and O–H groups in total. The van der Waals surface area contributed by atoms with E-state index >= 15 is 0 Å². The predicted octanol–water partition coefficient (Wildman–Crippen LogP) is 4.77. The first kappa shape index (κ1) is 21.0. The van der Waals surface area contributed by atoms with Crippen molar-refractivity contribution < 1.29 is 17.6 Å². The van der Waals surface area contributed by atoms with Crippen molar-refractivity contribution in [2.75, 3.05) is 5.32 Å². The third kappa shape index (κ3) is 7.06. The molecule has 144 valence electrons. The van der Waals surface area contributed by atoms with Gasteiger partial charge in [0, 0.05) is 12.1 Å². The van der Waals surface area contributed by atoms with Gasteiger partial charge >= 0.3 is 11.6 Å². The summed E-state index contributed by atoms with van der Waals surface area (Å²) in [7, 11) is 0. The average molecular weight is 389 g/mol. The Labute approximate surface area is 162 Å². The number of rotatable bonds is 4. The van der Waals surface area contributed by atoms with E-state index in [1.807, 2.05) is 0 Å². The molecule has 1 saturated carbocycles. The molecule has 0 unspecified atom stereocenters. The van der Waals surface area contributed by atoms with E-state index in [0.717, 1.165) is 25.7 Å². The van der Waals surface area contributed by atoms with E-state index in [0.29, 0.717) is 23.9 Å². The van der Waals surface area contributed by atoms with Crippen LogP contribution in [-0.2, 0) is 16.4 Å². The van der Waals surface area contributed by atoms with Crippen LogP contribution < -0.4 is 5.32 Å². The average Bonchev–Trinajstić information content (AvgIpc) is 2.66. The maximum Gasteiger partial charge on any atom is 0.335 e. The molecule has 2 aromatic carbocycles. The zero-order chi connectivity index (χ0) is 19.6. The Kier molecular flexibility index (Phi) is 8.33. The van der Waals surface area contributed by atoms with Gasteiger partial charge in [-0.15, -0.1) is 0 Å². The molecule has 1 aliphatic rings. The van der Waals surface area contributed by atoms with Gasteiger partial charge in [-0.1, -0.05) is 29.8 Å². The highest BCUT2D eigenvalue weighted by molar-refractivity contribution is 7.51. The molecule has 0 atom stereocenters. The largest absolute Gasteiger partial charge is 0.335 e. The lowest BCUT2D eigenvalue weighted by molar-refractivity contribution is -0.117. The van der Waals surface area contributed by atoms with Crippen LogP contribution in [0, 0.1) is 18.7 Å². The summed E-state index contributed by atoms with van der Waals surface area (Å²) in [5, 5.41) is 2.86. The van der Waals surface area contributed by atoms with Crippen molar-refractivity contribution in [3.63, 3.8) is 0 Å². The van der Waals surface area contributed by atoms with Crippen LogP contribution in [0.25, 0.3) is 0 Å². The normalized spacial score (nSPS) is 18.7. The number of hydrogen-bond donors (Lipinski definition) is 1. The van der Waals surface area contributed by atoms with Crippen molar-refractivity contribution in [2.45, 2.75) is 44.9 Å². The van der Waals surface area contributed by atoms with Crippen LogP contribution >= 0.6 is 0 Å². The molecule has 0 heterocycles. The minimum Gasteiger partial charge on any atom is -0.326 e. The molecular formula is C21H24FNO3S. The number of anilines is 1. The van der Waals surface area contributed by atoms with Crippen LogP contribution in [0.3, 0.4) is 0 Å². The Balaban J connectivity index is 0.000000817. The molecule has 2 aromatic rings. The molecule has 0 aromatic heterocycles. The first-order valence-electron chi connectivity index (χ1n) is 9.05. The van der Waals surface area contributed by atoms with E-state index in [2.05, 4.69) is 36.5 Å². The molecule has 0 spiro atoms. The lowest BCUT2D eigenvalue weighted by atomic mass is 9.77. The lowest BCUT2D eigenvalue weighted by Crippen LogP contribution is -2.20. The first-order valence-corrected chi connectivity index (χ1v) is 9.72. The van der Waals surface area contributed by atoms with Gasteiger partial charge in [-0.05, 0) is 74.3 Å². The Morgan fingerprint density at radius 1 is 1.00 bits per heavy atom. The molecule has 0 radical (unpaired) electrons. The van der Waals surface area contributed by atoms with Crippen LogP contribution in [0.4, 0.5) is 10.1 Å². The Morgan fingerprint density at radius 2 is 1.56 bits per heavy atom. The summed E-state index contributed by atoms with van der Waals surface area (Å²) in [6, 6.07) is 14.8. The molecule has 0 aliphatic heterocycles.